The molecular weight excluding hydrogens is 322 g/mol. The summed E-state index contributed by atoms with van der Waals surface area (Å²) in [4.78, 5) is 10.5. The summed E-state index contributed by atoms with van der Waals surface area (Å²) in [5, 5.41) is 8.55. The smallest absolute Gasteiger partial charge is 0.304 e. The summed E-state index contributed by atoms with van der Waals surface area (Å²) in [5.41, 5.74) is 0. The molecule has 0 spiro atoms. The number of aliphatic carboxylic acids is 1. The molecular formula is C11H22NO7S2+. The van der Waals surface area contributed by atoms with Crippen molar-refractivity contribution in [2.75, 3.05) is 44.4 Å². The number of quaternary nitrogens is 1. The first-order valence-corrected chi connectivity index (χ1v) is 9.92. The number of hydrogen-bond donors (Lipinski definition) is 2. The third-order valence-corrected chi connectivity index (χ3v) is 6.26. The number of hydrogen-bond acceptors (Lipinski definition) is 5. The lowest BCUT2D eigenvalue weighted by Gasteiger charge is -2.23. The predicted octanol–water partition coefficient (Wildman–Crippen LogP) is -0.914. The quantitative estimate of drug-likeness (QED) is 0.452. The van der Waals surface area contributed by atoms with Crippen molar-refractivity contribution in [3.8, 4) is 0 Å². The van der Waals surface area contributed by atoms with Crippen molar-refractivity contribution < 1.29 is 35.8 Å². The number of likely N-dealkylation sites (tertiary alicyclic amines) is 1. The molecule has 2 N–H and O–H groups in total. The summed E-state index contributed by atoms with van der Waals surface area (Å²) in [6, 6.07) is 0. The van der Waals surface area contributed by atoms with Crippen molar-refractivity contribution in [2.24, 2.45) is 11.8 Å². The SMILES string of the molecule is C[N+]1(C)CC(CS(=O)(=O)O)C(CS(=O)(=O)CCC(=O)O)C1. The molecule has 0 bridgehead atoms. The zero-order chi connectivity index (χ0) is 16.5. The van der Waals surface area contributed by atoms with Crippen molar-refractivity contribution in [3.63, 3.8) is 0 Å². The van der Waals surface area contributed by atoms with Crippen LogP contribution in [0.2, 0.25) is 0 Å². The Bertz CT molecular complexity index is 594. The van der Waals surface area contributed by atoms with Gasteiger partial charge in [0.2, 0.25) is 0 Å². The van der Waals surface area contributed by atoms with E-state index in [0.29, 0.717) is 17.6 Å². The van der Waals surface area contributed by atoms with Gasteiger partial charge in [-0.25, -0.2) is 8.42 Å². The molecule has 2 unspecified atom stereocenters. The molecule has 21 heavy (non-hydrogen) atoms. The molecule has 2 atom stereocenters. The van der Waals surface area contributed by atoms with Crippen LogP contribution in [0.4, 0.5) is 0 Å². The van der Waals surface area contributed by atoms with E-state index in [1.165, 1.54) is 0 Å². The van der Waals surface area contributed by atoms with Crippen LogP contribution in [0.15, 0.2) is 0 Å². The third kappa shape index (κ3) is 6.72. The van der Waals surface area contributed by atoms with Crippen LogP contribution < -0.4 is 0 Å². The second-order valence-electron chi connectivity index (χ2n) is 6.33. The maximum absolute atomic E-state index is 11.9. The van der Waals surface area contributed by atoms with Gasteiger partial charge in [0.05, 0.1) is 50.9 Å². The van der Waals surface area contributed by atoms with Gasteiger partial charge in [-0.1, -0.05) is 0 Å². The highest BCUT2D eigenvalue weighted by molar-refractivity contribution is 7.91. The summed E-state index contributed by atoms with van der Waals surface area (Å²) in [6.45, 7) is 0.936. The second kappa shape index (κ2) is 6.19. The van der Waals surface area contributed by atoms with Crippen molar-refractivity contribution >= 4 is 25.9 Å². The molecule has 1 aliphatic rings. The topological polar surface area (TPSA) is 126 Å². The maximum Gasteiger partial charge on any atom is 0.304 e. The number of carbonyl (C=O) groups is 1. The lowest BCUT2D eigenvalue weighted by Crippen LogP contribution is -2.37. The van der Waals surface area contributed by atoms with E-state index in [4.69, 9.17) is 9.66 Å². The average Bonchev–Trinajstić information content (AvgIpc) is 2.47. The monoisotopic (exact) mass is 344 g/mol. The van der Waals surface area contributed by atoms with Gasteiger partial charge in [-0.3, -0.25) is 9.35 Å². The van der Waals surface area contributed by atoms with Crippen LogP contribution >= 0.6 is 0 Å². The summed E-state index contributed by atoms with van der Waals surface area (Å²) in [6.07, 6.45) is -0.462. The number of nitrogens with zero attached hydrogens (tertiary/aromatic N) is 1. The number of rotatable bonds is 7. The lowest BCUT2D eigenvalue weighted by molar-refractivity contribution is -0.880. The Labute approximate surface area is 125 Å². The fraction of sp³-hybridized carbons (Fsp3) is 0.909. The van der Waals surface area contributed by atoms with E-state index >= 15 is 0 Å². The van der Waals surface area contributed by atoms with E-state index in [0.717, 1.165) is 0 Å². The molecule has 8 nitrogen and oxygen atoms in total. The molecule has 0 radical (unpaired) electrons. The Hall–Kier alpha value is -0.710. The van der Waals surface area contributed by atoms with E-state index in [1.807, 2.05) is 14.1 Å². The van der Waals surface area contributed by atoms with Crippen molar-refractivity contribution in [3.05, 3.63) is 0 Å². The average molecular weight is 344 g/mol. The molecule has 10 heteroatoms. The van der Waals surface area contributed by atoms with Crippen molar-refractivity contribution in [2.45, 2.75) is 6.42 Å². The zero-order valence-electron chi connectivity index (χ0n) is 12.1. The molecule has 0 amide bonds. The fourth-order valence-corrected chi connectivity index (χ4v) is 5.54. The molecule has 1 saturated heterocycles. The van der Waals surface area contributed by atoms with Crippen LogP contribution in [0, 0.1) is 11.8 Å². The predicted molar refractivity (Wildman–Crippen MR) is 76.1 cm³/mol. The standard InChI is InChI=1S/C11H21NO7S2/c1-12(2)5-9(10(6-12)8-21(17,18)19)7-20(15,16)4-3-11(13)14/h9-10H,3-8H2,1-2H3,(H-,13,14,17,18,19)/p+1. The Kier molecular flexibility index (Phi) is 5.40. The van der Waals surface area contributed by atoms with Gasteiger partial charge in [0.1, 0.15) is 0 Å². The normalized spacial score (nSPS) is 25.9. The molecule has 0 aromatic heterocycles. The molecule has 0 aromatic rings. The minimum atomic E-state index is -4.17. The number of sulfone groups is 1. The fourth-order valence-electron chi connectivity index (χ4n) is 2.94. The number of carboxylic acids is 1. The molecule has 0 aromatic carbocycles. The molecule has 1 fully saturated rings. The van der Waals surface area contributed by atoms with Crippen LogP contribution in [0.3, 0.4) is 0 Å². The Balaban J connectivity index is 2.80. The van der Waals surface area contributed by atoms with Gasteiger partial charge in [0.25, 0.3) is 10.1 Å². The second-order valence-corrected chi connectivity index (χ2v) is 10.1. The summed E-state index contributed by atoms with van der Waals surface area (Å²) in [7, 11) is -4.01. The highest BCUT2D eigenvalue weighted by Gasteiger charge is 2.43. The van der Waals surface area contributed by atoms with E-state index in [-0.39, 0.29) is 5.75 Å². The molecule has 1 aliphatic heterocycles. The minimum Gasteiger partial charge on any atom is -0.481 e. The van der Waals surface area contributed by atoms with Crippen molar-refractivity contribution in [1.82, 2.24) is 0 Å². The first-order chi connectivity index (χ1) is 9.30. The van der Waals surface area contributed by atoms with Crippen molar-refractivity contribution in [1.29, 1.82) is 0 Å². The van der Waals surface area contributed by atoms with Gasteiger partial charge in [-0.05, 0) is 0 Å². The molecule has 1 rings (SSSR count). The lowest BCUT2D eigenvalue weighted by atomic mass is 10.0. The van der Waals surface area contributed by atoms with E-state index < -0.39 is 55.7 Å². The first kappa shape index (κ1) is 18.3. The highest BCUT2D eigenvalue weighted by atomic mass is 32.2. The largest absolute Gasteiger partial charge is 0.481 e. The van der Waals surface area contributed by atoms with Gasteiger partial charge in [0, 0.05) is 11.8 Å². The Morgan fingerprint density at radius 1 is 1.10 bits per heavy atom. The van der Waals surface area contributed by atoms with E-state index in [2.05, 4.69) is 0 Å². The third-order valence-electron chi connectivity index (χ3n) is 3.64. The van der Waals surface area contributed by atoms with E-state index in [9.17, 15) is 21.6 Å². The Morgan fingerprint density at radius 3 is 2.00 bits per heavy atom. The minimum absolute atomic E-state index is 0.248. The van der Waals surface area contributed by atoms with Gasteiger partial charge < -0.3 is 9.59 Å². The molecule has 0 aliphatic carbocycles. The number of carboxylic acid groups (broad SMARTS) is 1. The van der Waals surface area contributed by atoms with Gasteiger partial charge in [0.15, 0.2) is 9.84 Å². The van der Waals surface area contributed by atoms with Gasteiger partial charge in [-0.2, -0.15) is 8.42 Å². The maximum atomic E-state index is 11.9. The zero-order valence-corrected chi connectivity index (χ0v) is 13.7. The van der Waals surface area contributed by atoms with Crippen LogP contribution in [-0.4, -0.2) is 81.4 Å². The summed E-state index contributed by atoms with van der Waals surface area (Å²) in [5.74, 6) is -3.20. The summed E-state index contributed by atoms with van der Waals surface area (Å²) < 4.78 is 55.4. The van der Waals surface area contributed by atoms with Crippen LogP contribution in [0.5, 0.6) is 0 Å². The first-order valence-electron chi connectivity index (χ1n) is 6.49. The molecule has 0 saturated carbocycles. The molecule has 124 valence electrons. The Morgan fingerprint density at radius 2 is 1.57 bits per heavy atom. The highest BCUT2D eigenvalue weighted by Crippen LogP contribution is 2.29. The van der Waals surface area contributed by atoms with Crippen LogP contribution in [0.25, 0.3) is 0 Å². The van der Waals surface area contributed by atoms with E-state index in [1.54, 1.807) is 0 Å². The molecule has 1 heterocycles. The van der Waals surface area contributed by atoms with Crippen LogP contribution in [0.1, 0.15) is 6.42 Å². The van der Waals surface area contributed by atoms with Crippen LogP contribution in [-0.2, 0) is 24.7 Å². The van der Waals surface area contributed by atoms with Gasteiger partial charge in [-0.15, -0.1) is 0 Å². The van der Waals surface area contributed by atoms with Gasteiger partial charge >= 0.3 is 5.97 Å². The summed E-state index contributed by atoms with van der Waals surface area (Å²) >= 11 is 0.